The highest BCUT2D eigenvalue weighted by Gasteiger charge is 2.25. The molecule has 20 heavy (non-hydrogen) atoms. The standard InChI is InChI=1S/C14H27N3O2S/c1-11(2)9-16-14(19)17-6-3-4-12(10-17)8-13(18)15-5-7-20/h11-12,20H,3-10H2,1-2H3,(H,15,18)(H,16,19). The molecule has 1 aliphatic heterocycles. The van der Waals surface area contributed by atoms with Crippen molar-refractivity contribution in [2.45, 2.75) is 33.1 Å². The lowest BCUT2D eigenvalue weighted by molar-refractivity contribution is -0.122. The summed E-state index contributed by atoms with van der Waals surface area (Å²) in [7, 11) is 0. The van der Waals surface area contributed by atoms with Crippen molar-refractivity contribution in [3.05, 3.63) is 0 Å². The second kappa shape index (κ2) is 9.10. The molecule has 0 radical (unpaired) electrons. The minimum atomic E-state index is -0.000772. The summed E-state index contributed by atoms with van der Waals surface area (Å²) in [6, 6.07) is -0.000772. The van der Waals surface area contributed by atoms with Crippen molar-refractivity contribution < 1.29 is 9.59 Å². The summed E-state index contributed by atoms with van der Waals surface area (Å²) < 4.78 is 0. The average molecular weight is 301 g/mol. The van der Waals surface area contributed by atoms with E-state index in [0.29, 0.717) is 37.7 Å². The van der Waals surface area contributed by atoms with E-state index in [1.54, 1.807) is 0 Å². The van der Waals surface area contributed by atoms with E-state index >= 15 is 0 Å². The second-order valence-corrected chi connectivity index (χ2v) is 6.26. The number of hydrogen-bond acceptors (Lipinski definition) is 3. The Labute approximate surface area is 127 Å². The van der Waals surface area contributed by atoms with Crippen LogP contribution in [0.5, 0.6) is 0 Å². The van der Waals surface area contributed by atoms with Gasteiger partial charge in [-0.05, 0) is 24.7 Å². The molecule has 1 fully saturated rings. The number of nitrogens with one attached hydrogen (secondary N) is 2. The molecule has 5 nitrogen and oxygen atoms in total. The Morgan fingerprint density at radius 1 is 1.35 bits per heavy atom. The molecule has 1 aliphatic rings. The fourth-order valence-electron chi connectivity index (χ4n) is 2.35. The van der Waals surface area contributed by atoms with Crippen LogP contribution in [-0.2, 0) is 4.79 Å². The predicted octanol–water partition coefficient (Wildman–Crippen LogP) is 1.50. The van der Waals surface area contributed by atoms with Crippen molar-refractivity contribution in [1.29, 1.82) is 0 Å². The summed E-state index contributed by atoms with van der Waals surface area (Å²) in [5.41, 5.74) is 0. The number of amides is 3. The van der Waals surface area contributed by atoms with Crippen LogP contribution >= 0.6 is 12.6 Å². The lowest BCUT2D eigenvalue weighted by Gasteiger charge is -2.32. The van der Waals surface area contributed by atoms with Crippen LogP contribution in [0.2, 0.25) is 0 Å². The van der Waals surface area contributed by atoms with Gasteiger partial charge in [0.05, 0.1) is 0 Å². The first-order valence-electron chi connectivity index (χ1n) is 7.43. The SMILES string of the molecule is CC(C)CNC(=O)N1CCCC(CC(=O)NCCS)C1. The molecule has 0 bridgehead atoms. The highest BCUT2D eigenvalue weighted by molar-refractivity contribution is 7.80. The second-order valence-electron chi connectivity index (χ2n) is 5.81. The van der Waals surface area contributed by atoms with Crippen LogP contribution in [0.4, 0.5) is 4.79 Å². The molecule has 0 spiro atoms. The van der Waals surface area contributed by atoms with Gasteiger partial charge in [0.25, 0.3) is 0 Å². The summed E-state index contributed by atoms with van der Waals surface area (Å²) in [5.74, 6) is 1.44. The van der Waals surface area contributed by atoms with E-state index in [9.17, 15) is 9.59 Å². The van der Waals surface area contributed by atoms with E-state index in [-0.39, 0.29) is 17.9 Å². The van der Waals surface area contributed by atoms with E-state index in [1.807, 2.05) is 4.90 Å². The lowest BCUT2D eigenvalue weighted by atomic mass is 9.94. The van der Waals surface area contributed by atoms with Gasteiger partial charge >= 0.3 is 6.03 Å². The van der Waals surface area contributed by atoms with Gasteiger partial charge in [0.1, 0.15) is 0 Å². The minimum Gasteiger partial charge on any atom is -0.355 e. The van der Waals surface area contributed by atoms with Gasteiger partial charge in [-0.15, -0.1) is 0 Å². The first-order valence-corrected chi connectivity index (χ1v) is 8.06. The van der Waals surface area contributed by atoms with Gasteiger partial charge < -0.3 is 15.5 Å². The number of carbonyl (C=O) groups is 2. The minimum absolute atomic E-state index is 0.000772. The molecule has 1 rings (SSSR count). The smallest absolute Gasteiger partial charge is 0.317 e. The fourth-order valence-corrected chi connectivity index (χ4v) is 2.46. The Morgan fingerprint density at radius 3 is 2.75 bits per heavy atom. The molecule has 2 N–H and O–H groups in total. The van der Waals surface area contributed by atoms with Gasteiger partial charge in [-0.1, -0.05) is 13.8 Å². The van der Waals surface area contributed by atoms with Gasteiger partial charge in [0.15, 0.2) is 0 Å². The molecule has 0 aromatic carbocycles. The molecule has 1 heterocycles. The number of urea groups is 1. The Kier molecular flexibility index (Phi) is 7.80. The van der Waals surface area contributed by atoms with Crippen LogP contribution in [0.15, 0.2) is 0 Å². The Balaban J connectivity index is 2.34. The van der Waals surface area contributed by atoms with E-state index in [4.69, 9.17) is 0 Å². The molecule has 116 valence electrons. The molecular weight excluding hydrogens is 274 g/mol. The molecule has 0 aliphatic carbocycles. The average Bonchev–Trinajstić information content (AvgIpc) is 2.42. The van der Waals surface area contributed by atoms with Crippen molar-refractivity contribution in [3.63, 3.8) is 0 Å². The van der Waals surface area contributed by atoms with Crippen molar-refractivity contribution in [2.24, 2.45) is 11.8 Å². The van der Waals surface area contributed by atoms with Gasteiger partial charge in [-0.3, -0.25) is 4.79 Å². The van der Waals surface area contributed by atoms with Crippen molar-refractivity contribution in [1.82, 2.24) is 15.5 Å². The van der Waals surface area contributed by atoms with Crippen LogP contribution in [0, 0.1) is 11.8 Å². The number of hydrogen-bond donors (Lipinski definition) is 3. The van der Waals surface area contributed by atoms with Gasteiger partial charge in [0, 0.05) is 38.4 Å². The normalized spacial score (nSPS) is 19.0. The number of thiol groups is 1. The predicted molar refractivity (Wildman–Crippen MR) is 84.0 cm³/mol. The lowest BCUT2D eigenvalue weighted by Crippen LogP contribution is -2.47. The largest absolute Gasteiger partial charge is 0.355 e. The van der Waals surface area contributed by atoms with Crippen LogP contribution < -0.4 is 10.6 Å². The van der Waals surface area contributed by atoms with Crippen LogP contribution in [0.25, 0.3) is 0 Å². The van der Waals surface area contributed by atoms with E-state index in [1.165, 1.54) is 0 Å². The summed E-state index contributed by atoms with van der Waals surface area (Å²) in [5, 5.41) is 5.77. The summed E-state index contributed by atoms with van der Waals surface area (Å²) in [6.07, 6.45) is 2.49. The van der Waals surface area contributed by atoms with Gasteiger partial charge in [-0.25, -0.2) is 4.79 Å². The van der Waals surface area contributed by atoms with Crippen molar-refractivity contribution in [3.8, 4) is 0 Å². The van der Waals surface area contributed by atoms with E-state index in [0.717, 1.165) is 19.4 Å². The highest BCUT2D eigenvalue weighted by Crippen LogP contribution is 2.19. The molecule has 3 amide bonds. The third-order valence-corrected chi connectivity index (χ3v) is 3.60. The number of rotatable bonds is 6. The van der Waals surface area contributed by atoms with E-state index in [2.05, 4.69) is 37.1 Å². The van der Waals surface area contributed by atoms with E-state index < -0.39 is 0 Å². The molecule has 0 aromatic rings. The van der Waals surface area contributed by atoms with Crippen molar-refractivity contribution in [2.75, 3.05) is 31.9 Å². The first-order chi connectivity index (χ1) is 9.52. The van der Waals surface area contributed by atoms with Crippen LogP contribution in [-0.4, -0.2) is 48.8 Å². The number of nitrogens with zero attached hydrogens (tertiary/aromatic N) is 1. The Morgan fingerprint density at radius 2 is 2.10 bits per heavy atom. The maximum absolute atomic E-state index is 12.0. The molecule has 0 aromatic heterocycles. The molecule has 1 unspecified atom stereocenters. The third-order valence-electron chi connectivity index (χ3n) is 3.38. The maximum Gasteiger partial charge on any atom is 0.317 e. The zero-order chi connectivity index (χ0) is 15.0. The zero-order valence-corrected chi connectivity index (χ0v) is 13.4. The quantitative estimate of drug-likeness (QED) is 0.651. The highest BCUT2D eigenvalue weighted by atomic mass is 32.1. The number of piperidine rings is 1. The fraction of sp³-hybridized carbons (Fsp3) is 0.857. The summed E-state index contributed by atoms with van der Waals surface area (Å²) in [6.45, 7) is 6.92. The number of likely N-dealkylation sites (tertiary alicyclic amines) is 1. The zero-order valence-electron chi connectivity index (χ0n) is 12.5. The molecule has 1 saturated heterocycles. The third kappa shape index (κ3) is 6.50. The first kappa shape index (κ1) is 17.1. The summed E-state index contributed by atoms with van der Waals surface area (Å²) >= 11 is 4.07. The molecule has 1 atom stereocenters. The Bertz CT molecular complexity index is 324. The topological polar surface area (TPSA) is 61.4 Å². The Hall–Kier alpha value is -0.910. The summed E-state index contributed by atoms with van der Waals surface area (Å²) in [4.78, 5) is 25.5. The molecule has 6 heteroatoms. The molecule has 0 saturated carbocycles. The maximum atomic E-state index is 12.0. The van der Waals surface area contributed by atoms with Gasteiger partial charge in [0.2, 0.25) is 5.91 Å². The number of carbonyl (C=O) groups excluding carboxylic acids is 2. The van der Waals surface area contributed by atoms with Gasteiger partial charge in [-0.2, -0.15) is 12.6 Å². The van der Waals surface area contributed by atoms with Crippen molar-refractivity contribution >= 4 is 24.6 Å². The monoisotopic (exact) mass is 301 g/mol. The molecular formula is C14H27N3O2S. The van der Waals surface area contributed by atoms with Crippen LogP contribution in [0.3, 0.4) is 0 Å². The van der Waals surface area contributed by atoms with Crippen LogP contribution in [0.1, 0.15) is 33.1 Å².